The number of nitrogens with zero attached hydrogens (tertiary/aromatic N) is 2. The number of nitrogens with one attached hydrogen (secondary N) is 1. The first-order valence-electron chi connectivity index (χ1n) is 9.20. The summed E-state index contributed by atoms with van der Waals surface area (Å²) in [6.07, 6.45) is 1.38. The fourth-order valence-electron chi connectivity index (χ4n) is 3.47. The molecule has 1 fully saturated rings. The first-order valence-corrected chi connectivity index (χ1v) is 9.20. The fourth-order valence-corrected chi connectivity index (χ4v) is 3.47. The Morgan fingerprint density at radius 2 is 1.86 bits per heavy atom. The van der Waals surface area contributed by atoms with Gasteiger partial charge in [0.25, 0.3) is 11.8 Å². The van der Waals surface area contributed by atoms with E-state index in [1.807, 2.05) is 0 Å². The molecule has 0 aromatic heterocycles. The normalized spacial score (nSPS) is 17.0. The van der Waals surface area contributed by atoms with Gasteiger partial charge < -0.3 is 20.1 Å². The van der Waals surface area contributed by atoms with Crippen LogP contribution in [-0.2, 0) is 9.53 Å². The second-order valence-electron chi connectivity index (χ2n) is 6.90. The molecule has 150 valence electrons. The second-order valence-corrected chi connectivity index (χ2v) is 6.90. The van der Waals surface area contributed by atoms with E-state index in [9.17, 15) is 19.2 Å². The number of amides is 4. The minimum absolute atomic E-state index is 0.268. The number of imide groups is 1. The van der Waals surface area contributed by atoms with Gasteiger partial charge in [-0.05, 0) is 37.5 Å². The molecular weight excluding hydrogens is 366 g/mol. The molecule has 2 aliphatic rings. The average Bonchev–Trinajstić information content (AvgIpc) is 2.92. The number of rotatable bonds is 6. The molecule has 0 unspecified atom stereocenters. The minimum atomic E-state index is -0.836. The van der Waals surface area contributed by atoms with E-state index in [4.69, 9.17) is 9.84 Å². The predicted molar refractivity (Wildman–Crippen MR) is 99.3 cm³/mol. The number of fused-ring (bicyclic) bond motifs is 1. The summed E-state index contributed by atoms with van der Waals surface area (Å²) in [6.45, 7) is 1.45. The van der Waals surface area contributed by atoms with Gasteiger partial charge in [0.05, 0.1) is 17.0 Å². The summed E-state index contributed by atoms with van der Waals surface area (Å²) in [4.78, 5) is 51.1. The third kappa shape index (κ3) is 3.99. The Morgan fingerprint density at radius 1 is 1.18 bits per heavy atom. The molecular formula is C19H23N3O6. The van der Waals surface area contributed by atoms with E-state index in [2.05, 4.69) is 5.32 Å². The minimum Gasteiger partial charge on any atom is -0.481 e. The number of hydrogen-bond acceptors (Lipinski definition) is 5. The maximum Gasteiger partial charge on any atom is 0.321 e. The van der Waals surface area contributed by atoms with E-state index in [0.717, 1.165) is 0 Å². The van der Waals surface area contributed by atoms with Gasteiger partial charge in [-0.25, -0.2) is 4.79 Å². The lowest BCUT2D eigenvalue weighted by atomic mass is 9.97. The van der Waals surface area contributed by atoms with Gasteiger partial charge in [0.15, 0.2) is 0 Å². The maximum absolute atomic E-state index is 12.5. The van der Waals surface area contributed by atoms with Crippen LogP contribution in [0.2, 0.25) is 0 Å². The summed E-state index contributed by atoms with van der Waals surface area (Å²) in [7, 11) is 1.56. The highest BCUT2D eigenvalue weighted by molar-refractivity contribution is 6.21. The number of methoxy groups -OCH3 is 1. The molecule has 1 saturated heterocycles. The van der Waals surface area contributed by atoms with Gasteiger partial charge >= 0.3 is 12.0 Å². The van der Waals surface area contributed by atoms with E-state index in [-0.39, 0.29) is 30.0 Å². The summed E-state index contributed by atoms with van der Waals surface area (Å²) >= 11 is 0. The maximum atomic E-state index is 12.5. The number of carboxylic acids is 1. The van der Waals surface area contributed by atoms with Crippen molar-refractivity contribution in [3.05, 3.63) is 29.3 Å². The lowest BCUT2D eigenvalue weighted by Gasteiger charge is -2.30. The largest absolute Gasteiger partial charge is 0.481 e. The third-order valence-electron chi connectivity index (χ3n) is 5.08. The van der Waals surface area contributed by atoms with E-state index in [0.29, 0.717) is 50.2 Å². The highest BCUT2D eigenvalue weighted by Crippen LogP contribution is 2.26. The molecule has 4 amide bonds. The molecule has 3 rings (SSSR count). The van der Waals surface area contributed by atoms with E-state index in [1.54, 1.807) is 18.1 Å². The standard InChI is InChI=1S/C19H23N3O6/c1-28-10-2-7-22-16(23)14-4-3-13(11-15(14)17(22)24)20-19(27)21-8-5-12(6-9-21)18(25)26/h3-4,11-12H,2,5-10H2,1H3,(H,20,27)(H,25,26). The van der Waals surface area contributed by atoms with E-state index >= 15 is 0 Å². The van der Waals surface area contributed by atoms with Gasteiger partial charge in [0.1, 0.15) is 0 Å². The lowest BCUT2D eigenvalue weighted by molar-refractivity contribution is -0.143. The van der Waals surface area contributed by atoms with E-state index < -0.39 is 11.9 Å². The molecule has 2 heterocycles. The zero-order chi connectivity index (χ0) is 20.3. The number of ether oxygens (including phenoxy) is 1. The molecule has 1 aromatic carbocycles. The Hall–Kier alpha value is -2.94. The first-order chi connectivity index (χ1) is 13.4. The van der Waals surface area contributed by atoms with Gasteiger partial charge in [-0.1, -0.05) is 0 Å². The number of benzene rings is 1. The quantitative estimate of drug-likeness (QED) is 0.564. The predicted octanol–water partition coefficient (Wildman–Crippen LogP) is 1.65. The van der Waals surface area contributed by atoms with Crippen LogP contribution < -0.4 is 5.32 Å². The highest BCUT2D eigenvalue weighted by atomic mass is 16.5. The SMILES string of the molecule is COCCCN1C(=O)c2ccc(NC(=O)N3CCC(C(=O)O)CC3)cc2C1=O. The van der Waals surface area contributed by atoms with Crippen LogP contribution in [-0.4, -0.2) is 72.1 Å². The number of carboxylic acid groups (broad SMARTS) is 1. The zero-order valence-corrected chi connectivity index (χ0v) is 15.6. The number of hydrogen-bond donors (Lipinski definition) is 2. The van der Waals surface area contributed by atoms with Gasteiger partial charge in [-0.3, -0.25) is 19.3 Å². The van der Waals surface area contributed by atoms with Crippen molar-refractivity contribution in [2.24, 2.45) is 5.92 Å². The second kappa shape index (κ2) is 8.39. The summed E-state index contributed by atoms with van der Waals surface area (Å²) in [5, 5.41) is 11.8. The van der Waals surface area contributed by atoms with Gasteiger partial charge in [0, 0.05) is 39.0 Å². The monoisotopic (exact) mass is 389 g/mol. The number of piperidine rings is 1. The van der Waals surface area contributed by atoms with Crippen LogP contribution in [0.25, 0.3) is 0 Å². The number of anilines is 1. The number of urea groups is 1. The lowest BCUT2D eigenvalue weighted by Crippen LogP contribution is -2.42. The molecule has 0 saturated carbocycles. The molecule has 1 aromatic rings. The summed E-state index contributed by atoms with van der Waals surface area (Å²) < 4.78 is 4.96. The first kappa shape index (κ1) is 19.8. The Bertz CT molecular complexity index is 801. The number of carbonyl (C=O) groups is 4. The van der Waals surface area contributed by atoms with Crippen molar-refractivity contribution in [1.29, 1.82) is 0 Å². The third-order valence-corrected chi connectivity index (χ3v) is 5.08. The van der Waals surface area contributed by atoms with Crippen molar-refractivity contribution in [3.63, 3.8) is 0 Å². The highest BCUT2D eigenvalue weighted by Gasteiger charge is 2.35. The van der Waals surface area contributed by atoms with Crippen LogP contribution in [0.15, 0.2) is 18.2 Å². The van der Waals surface area contributed by atoms with Crippen LogP contribution in [0.5, 0.6) is 0 Å². The van der Waals surface area contributed by atoms with Crippen molar-refractivity contribution < 1.29 is 29.0 Å². The molecule has 0 radical (unpaired) electrons. The van der Waals surface area contributed by atoms with Crippen molar-refractivity contribution >= 4 is 29.5 Å². The van der Waals surface area contributed by atoms with Crippen LogP contribution in [0.1, 0.15) is 40.0 Å². The van der Waals surface area contributed by atoms with Crippen molar-refractivity contribution in [2.75, 3.05) is 38.7 Å². The topological polar surface area (TPSA) is 116 Å². The Balaban J connectivity index is 1.64. The summed E-state index contributed by atoms with van der Waals surface area (Å²) in [5.74, 6) is -1.98. The molecule has 0 spiro atoms. The number of carbonyl (C=O) groups excluding carboxylic acids is 3. The van der Waals surface area contributed by atoms with Gasteiger partial charge in [-0.15, -0.1) is 0 Å². The molecule has 2 aliphatic heterocycles. The Kier molecular flexibility index (Phi) is 5.93. The molecule has 9 heteroatoms. The molecule has 2 N–H and O–H groups in total. The summed E-state index contributed by atoms with van der Waals surface area (Å²) in [5.41, 5.74) is 1.01. The smallest absolute Gasteiger partial charge is 0.321 e. The zero-order valence-electron chi connectivity index (χ0n) is 15.6. The number of aliphatic carboxylic acids is 1. The molecule has 0 atom stereocenters. The van der Waals surface area contributed by atoms with Crippen molar-refractivity contribution in [1.82, 2.24) is 9.80 Å². The van der Waals surface area contributed by atoms with Crippen LogP contribution in [0, 0.1) is 5.92 Å². The summed E-state index contributed by atoms with van der Waals surface area (Å²) in [6, 6.07) is 4.29. The number of likely N-dealkylation sites (tertiary alicyclic amines) is 1. The molecule has 9 nitrogen and oxygen atoms in total. The van der Waals surface area contributed by atoms with Crippen molar-refractivity contribution in [2.45, 2.75) is 19.3 Å². The Morgan fingerprint density at radius 3 is 2.50 bits per heavy atom. The average molecular weight is 389 g/mol. The van der Waals surface area contributed by atoms with Crippen LogP contribution in [0.4, 0.5) is 10.5 Å². The van der Waals surface area contributed by atoms with Crippen LogP contribution >= 0.6 is 0 Å². The Labute approximate surface area is 162 Å². The van der Waals surface area contributed by atoms with Crippen molar-refractivity contribution in [3.8, 4) is 0 Å². The fraction of sp³-hybridized carbons (Fsp3) is 0.474. The molecule has 28 heavy (non-hydrogen) atoms. The van der Waals surface area contributed by atoms with Gasteiger partial charge in [0.2, 0.25) is 0 Å². The van der Waals surface area contributed by atoms with Crippen LogP contribution in [0.3, 0.4) is 0 Å². The van der Waals surface area contributed by atoms with Gasteiger partial charge in [-0.2, -0.15) is 0 Å². The molecule has 0 aliphatic carbocycles. The van der Waals surface area contributed by atoms with E-state index in [1.165, 1.54) is 17.0 Å². The molecule has 0 bridgehead atoms.